The fourth-order valence-electron chi connectivity index (χ4n) is 3.34. The Morgan fingerprint density at radius 3 is 2.88 bits per heavy atom. The van der Waals surface area contributed by atoms with E-state index in [1.807, 2.05) is 0 Å². The van der Waals surface area contributed by atoms with E-state index >= 15 is 0 Å². The summed E-state index contributed by atoms with van der Waals surface area (Å²) in [4.78, 5) is 22.9. The molecule has 2 heterocycles. The van der Waals surface area contributed by atoms with E-state index in [9.17, 15) is 9.59 Å². The lowest BCUT2D eigenvalue weighted by Crippen LogP contribution is -2.24. The predicted molar refractivity (Wildman–Crippen MR) is 91.4 cm³/mol. The maximum Gasteiger partial charge on any atom is 0.325 e. The molecule has 2 N–H and O–H groups in total. The Kier molecular flexibility index (Phi) is 4.16. The lowest BCUT2D eigenvalue weighted by molar-refractivity contribution is -0.138. The first-order chi connectivity index (χ1) is 12.6. The Hall–Kier alpha value is -3.16. The van der Waals surface area contributed by atoms with Gasteiger partial charge in [-0.15, -0.1) is 5.10 Å². The number of carboxylic acid groups (broad SMARTS) is 1. The van der Waals surface area contributed by atoms with E-state index in [2.05, 4.69) is 27.8 Å². The number of hydrogen-bond donors (Lipinski definition) is 2. The van der Waals surface area contributed by atoms with Crippen molar-refractivity contribution >= 4 is 22.8 Å². The number of carboxylic acids is 1. The van der Waals surface area contributed by atoms with E-state index in [0.29, 0.717) is 5.69 Å². The molecule has 1 aliphatic carbocycles. The number of furan rings is 1. The molecule has 26 heavy (non-hydrogen) atoms. The third kappa shape index (κ3) is 3.30. The lowest BCUT2D eigenvalue weighted by Gasteiger charge is -2.03. The van der Waals surface area contributed by atoms with Gasteiger partial charge in [0.2, 0.25) is 5.91 Å². The highest BCUT2D eigenvalue weighted by molar-refractivity contribution is 5.88. The van der Waals surface area contributed by atoms with Gasteiger partial charge in [0.1, 0.15) is 17.8 Å². The Balaban J connectivity index is 1.40. The molecule has 0 saturated carbocycles. The van der Waals surface area contributed by atoms with Crippen molar-refractivity contribution in [1.29, 1.82) is 0 Å². The molecule has 0 aliphatic heterocycles. The second-order valence-electron chi connectivity index (χ2n) is 6.49. The van der Waals surface area contributed by atoms with Gasteiger partial charge in [0.15, 0.2) is 0 Å². The molecule has 3 aromatic rings. The van der Waals surface area contributed by atoms with Crippen molar-refractivity contribution in [2.75, 3.05) is 0 Å². The van der Waals surface area contributed by atoms with Gasteiger partial charge in [-0.25, -0.2) is 4.68 Å². The van der Waals surface area contributed by atoms with Gasteiger partial charge in [-0.1, -0.05) is 5.21 Å². The number of nitrogens with one attached hydrogen (secondary N) is 1. The van der Waals surface area contributed by atoms with Crippen molar-refractivity contribution in [2.45, 2.75) is 38.8 Å². The molecular formula is C18H18N4O4. The van der Waals surface area contributed by atoms with Gasteiger partial charge >= 0.3 is 5.97 Å². The van der Waals surface area contributed by atoms with Gasteiger partial charge in [-0.05, 0) is 42.5 Å². The van der Waals surface area contributed by atoms with E-state index < -0.39 is 5.97 Å². The molecule has 1 amide bonds. The largest absolute Gasteiger partial charge is 0.480 e. The van der Waals surface area contributed by atoms with E-state index in [1.165, 1.54) is 28.4 Å². The highest BCUT2D eigenvalue weighted by atomic mass is 16.4. The lowest BCUT2D eigenvalue weighted by atomic mass is 10.0. The zero-order valence-electron chi connectivity index (χ0n) is 14.1. The summed E-state index contributed by atoms with van der Waals surface area (Å²) in [5.74, 6) is -1.15. The molecule has 0 atom stereocenters. The zero-order valence-corrected chi connectivity index (χ0v) is 14.1. The van der Waals surface area contributed by atoms with Crippen molar-refractivity contribution in [3.05, 3.63) is 47.0 Å². The molecule has 0 saturated heterocycles. The highest BCUT2D eigenvalue weighted by Gasteiger charge is 2.17. The van der Waals surface area contributed by atoms with Crippen LogP contribution < -0.4 is 5.32 Å². The van der Waals surface area contributed by atoms with Gasteiger partial charge in [0.05, 0.1) is 25.4 Å². The second kappa shape index (κ2) is 6.62. The van der Waals surface area contributed by atoms with Crippen LogP contribution in [0.2, 0.25) is 0 Å². The van der Waals surface area contributed by atoms with Crippen molar-refractivity contribution in [1.82, 2.24) is 20.3 Å². The quantitative estimate of drug-likeness (QED) is 0.693. The minimum Gasteiger partial charge on any atom is -0.480 e. The summed E-state index contributed by atoms with van der Waals surface area (Å²) in [7, 11) is 0. The number of nitrogens with zero attached hydrogens (tertiary/aromatic N) is 3. The monoisotopic (exact) mass is 354 g/mol. The van der Waals surface area contributed by atoms with Crippen LogP contribution in [0, 0.1) is 0 Å². The molecule has 0 unspecified atom stereocenters. The summed E-state index contributed by atoms with van der Waals surface area (Å²) < 4.78 is 6.83. The second-order valence-corrected chi connectivity index (χ2v) is 6.49. The smallest absolute Gasteiger partial charge is 0.325 e. The molecule has 1 aliphatic rings. The molecule has 134 valence electrons. The van der Waals surface area contributed by atoms with Gasteiger partial charge in [-0.3, -0.25) is 9.59 Å². The van der Waals surface area contributed by atoms with Gasteiger partial charge in [0, 0.05) is 10.9 Å². The van der Waals surface area contributed by atoms with E-state index in [0.717, 1.165) is 29.4 Å². The normalized spacial score (nSPS) is 13.1. The summed E-state index contributed by atoms with van der Waals surface area (Å²) in [5.41, 5.74) is 4.88. The molecule has 8 nitrogen and oxygen atoms in total. The maximum atomic E-state index is 12.2. The van der Waals surface area contributed by atoms with Crippen LogP contribution in [-0.2, 0) is 41.9 Å². The van der Waals surface area contributed by atoms with Crippen LogP contribution in [0.15, 0.2) is 29.0 Å². The molecule has 0 bridgehead atoms. The van der Waals surface area contributed by atoms with Gasteiger partial charge in [0.25, 0.3) is 0 Å². The van der Waals surface area contributed by atoms with Crippen LogP contribution in [0.3, 0.4) is 0 Å². The summed E-state index contributed by atoms with van der Waals surface area (Å²) in [6, 6.07) is 4.22. The third-order valence-corrected chi connectivity index (χ3v) is 4.57. The first-order valence-electron chi connectivity index (χ1n) is 8.48. The minimum absolute atomic E-state index is 0.152. The number of hydrogen-bond acceptors (Lipinski definition) is 5. The van der Waals surface area contributed by atoms with E-state index in [4.69, 9.17) is 9.52 Å². The number of carbonyl (C=O) groups is 2. The van der Waals surface area contributed by atoms with Crippen LogP contribution in [0.4, 0.5) is 0 Å². The molecular weight excluding hydrogens is 336 g/mol. The summed E-state index contributed by atoms with van der Waals surface area (Å²) in [6.45, 7) is -0.0596. The van der Waals surface area contributed by atoms with Crippen LogP contribution in [0.25, 0.3) is 11.0 Å². The first-order valence-corrected chi connectivity index (χ1v) is 8.48. The van der Waals surface area contributed by atoms with Gasteiger partial charge < -0.3 is 14.8 Å². The van der Waals surface area contributed by atoms with Crippen LogP contribution >= 0.6 is 0 Å². The number of carbonyl (C=O) groups excluding carboxylic acids is 1. The number of aromatic nitrogens is 3. The number of amides is 1. The number of fused-ring (bicyclic) bond motifs is 2. The van der Waals surface area contributed by atoms with Crippen molar-refractivity contribution in [2.24, 2.45) is 0 Å². The zero-order chi connectivity index (χ0) is 18.1. The molecule has 1 aromatic carbocycles. The molecule has 0 radical (unpaired) electrons. The fourth-order valence-corrected chi connectivity index (χ4v) is 3.34. The highest BCUT2D eigenvalue weighted by Crippen LogP contribution is 2.30. The molecule has 0 fully saturated rings. The van der Waals surface area contributed by atoms with Crippen molar-refractivity contribution in [3.8, 4) is 0 Å². The average Bonchev–Trinajstić information content (AvgIpc) is 3.31. The Morgan fingerprint density at radius 1 is 1.27 bits per heavy atom. The van der Waals surface area contributed by atoms with E-state index in [1.54, 1.807) is 6.26 Å². The summed E-state index contributed by atoms with van der Waals surface area (Å²) in [6.07, 6.45) is 6.70. The van der Waals surface area contributed by atoms with E-state index in [-0.39, 0.29) is 25.4 Å². The number of benzene rings is 1. The topological polar surface area (TPSA) is 110 Å². The molecule has 4 rings (SSSR count). The SMILES string of the molecule is O=C(O)Cn1cc(CNC(=O)Cc2coc3cc4c(cc23)CCC4)nn1. The number of aryl methyl sites for hydroxylation is 2. The fraction of sp³-hybridized carbons (Fsp3) is 0.333. The Bertz CT molecular complexity index is 988. The van der Waals surface area contributed by atoms with Crippen LogP contribution in [0.1, 0.15) is 28.8 Å². The third-order valence-electron chi connectivity index (χ3n) is 4.57. The average molecular weight is 354 g/mol. The minimum atomic E-state index is -0.996. The predicted octanol–water partition coefficient (Wildman–Crippen LogP) is 1.46. The molecule has 2 aromatic heterocycles. The standard InChI is InChI=1S/C18H18N4O4/c23-17(19-7-14-8-22(21-20-14)9-18(24)25)6-13-10-26-16-5-12-3-1-2-11(12)4-15(13)16/h4-5,8,10H,1-3,6-7,9H2,(H,19,23)(H,24,25). The number of aliphatic carboxylic acids is 1. The van der Waals surface area contributed by atoms with Crippen molar-refractivity contribution < 1.29 is 19.1 Å². The Morgan fingerprint density at radius 2 is 2.08 bits per heavy atom. The molecule has 0 spiro atoms. The van der Waals surface area contributed by atoms with Crippen LogP contribution in [-0.4, -0.2) is 32.0 Å². The number of rotatable bonds is 6. The molecule has 8 heteroatoms. The Labute approximate surface area is 148 Å². The maximum absolute atomic E-state index is 12.2. The van der Waals surface area contributed by atoms with Crippen LogP contribution in [0.5, 0.6) is 0 Å². The van der Waals surface area contributed by atoms with Crippen molar-refractivity contribution in [3.63, 3.8) is 0 Å². The summed E-state index contributed by atoms with van der Waals surface area (Å²) in [5, 5.41) is 20.0. The first kappa shape index (κ1) is 16.3. The van der Waals surface area contributed by atoms with Gasteiger partial charge in [-0.2, -0.15) is 0 Å². The summed E-state index contributed by atoms with van der Waals surface area (Å²) >= 11 is 0.